The van der Waals surface area contributed by atoms with Gasteiger partial charge < -0.3 is 19.1 Å². The maximum Gasteiger partial charge on any atom is 0.228 e. The molecule has 5 aliphatic rings. The zero-order valence-corrected chi connectivity index (χ0v) is 46.1. The van der Waals surface area contributed by atoms with Gasteiger partial charge in [-0.1, -0.05) is 115 Å². The molecule has 11 aromatic rings. The van der Waals surface area contributed by atoms with Crippen molar-refractivity contribution in [2.75, 3.05) is 4.90 Å². The number of pyridine rings is 4. The number of aryl methyl sites for hydroxylation is 1. The Morgan fingerprint density at radius 1 is 0.643 bits per heavy atom. The van der Waals surface area contributed by atoms with Crippen LogP contribution in [0.1, 0.15) is 82.2 Å². The summed E-state index contributed by atoms with van der Waals surface area (Å²) in [6.07, 6.45) is 34.9. The quantitative estimate of drug-likeness (QED) is 0.141. The standard InChI is InChI=1S/C72H54N10O2/c1-43-33-65-57(39-75-43)55-37-49(59-19-9-21-61(77-59)69-53(17-11-31-73-69)45-13-5-3-6-14-45)27-29-63(55)81(65)67-41-83-71(79-67)51-25-23-48-36-52(26-24-47(48)35-51)72-80-68(42-84-72)82-64-30-28-50(38-56(64)58-40-76-44(2)34-66(58)82)60-20-10-22-62(78-60)70-54(18-12-32-74-70)46-15-7-4-8-16-46/h3-15,17-37,39-42,46,50,57,59,65,77H,16,38H2,1-2H3. The summed E-state index contributed by atoms with van der Waals surface area (Å²) in [5.74, 6) is 2.88. The lowest BCUT2D eigenvalue weighted by molar-refractivity contribution is 0.573. The molecule has 5 unspecified atom stereocenters. The van der Waals surface area contributed by atoms with Crippen molar-refractivity contribution in [3.8, 4) is 51.2 Å². The topological polar surface area (TPSA) is 136 Å². The average molecular weight is 1090 g/mol. The first-order valence-electron chi connectivity index (χ1n) is 28.6. The van der Waals surface area contributed by atoms with E-state index in [1.54, 1.807) is 12.5 Å². The first kappa shape index (κ1) is 49.2. The fourth-order valence-electron chi connectivity index (χ4n) is 13.0. The highest BCUT2D eigenvalue weighted by Crippen LogP contribution is 2.49. The predicted octanol–water partition coefficient (Wildman–Crippen LogP) is 16.1. The summed E-state index contributed by atoms with van der Waals surface area (Å²) in [5.41, 5.74) is 18.5. The number of anilines is 2. The summed E-state index contributed by atoms with van der Waals surface area (Å²) >= 11 is 0. The molecular weight excluding hydrogens is 1040 g/mol. The minimum Gasteiger partial charge on any atom is -0.442 e. The van der Waals surface area contributed by atoms with Gasteiger partial charge >= 0.3 is 0 Å². The molecule has 0 bridgehead atoms. The Hall–Kier alpha value is -10.6. The molecule has 16 rings (SSSR count). The van der Waals surface area contributed by atoms with Gasteiger partial charge in [0.15, 0.2) is 11.6 Å². The Bertz CT molecular complexity index is 4680. The van der Waals surface area contributed by atoms with E-state index in [0.29, 0.717) is 17.6 Å². The number of nitrogens with zero attached hydrogens (tertiary/aromatic N) is 9. The highest BCUT2D eigenvalue weighted by Gasteiger charge is 2.41. The van der Waals surface area contributed by atoms with E-state index in [4.69, 9.17) is 43.7 Å². The Kier molecular flexibility index (Phi) is 11.8. The van der Waals surface area contributed by atoms with Gasteiger partial charge in [0.05, 0.1) is 46.1 Å². The number of aliphatic imine (C=N–C) groups is 1. The van der Waals surface area contributed by atoms with Crippen molar-refractivity contribution in [1.29, 1.82) is 0 Å². The van der Waals surface area contributed by atoms with E-state index in [1.165, 1.54) is 16.7 Å². The Morgan fingerprint density at radius 2 is 1.45 bits per heavy atom. The summed E-state index contributed by atoms with van der Waals surface area (Å²) in [7, 11) is 0. The third-order valence-electron chi connectivity index (χ3n) is 17.0. The average Bonchev–Trinajstić information content (AvgIpc) is 4.31. The third kappa shape index (κ3) is 8.56. The van der Waals surface area contributed by atoms with E-state index >= 15 is 0 Å². The molecule has 1 N–H and O–H groups in total. The van der Waals surface area contributed by atoms with Crippen molar-refractivity contribution in [2.45, 2.75) is 56.5 Å². The smallest absolute Gasteiger partial charge is 0.228 e. The molecule has 84 heavy (non-hydrogen) atoms. The third-order valence-corrected chi connectivity index (χ3v) is 17.0. The normalized spacial score (nSPS) is 19.3. The minimum atomic E-state index is -0.0587. The van der Waals surface area contributed by atoms with Crippen LogP contribution >= 0.6 is 0 Å². The summed E-state index contributed by atoms with van der Waals surface area (Å²) in [6.45, 7) is 4.08. The van der Waals surface area contributed by atoms with Crippen LogP contribution in [-0.2, 0) is 6.42 Å². The van der Waals surface area contributed by atoms with Gasteiger partial charge in [0.25, 0.3) is 0 Å². The summed E-state index contributed by atoms with van der Waals surface area (Å²) < 4.78 is 14.9. The maximum absolute atomic E-state index is 6.35. The molecule has 4 aromatic carbocycles. The zero-order chi connectivity index (χ0) is 55.8. The molecule has 5 atom stereocenters. The first-order valence-corrected chi connectivity index (χ1v) is 28.6. The second-order valence-corrected chi connectivity index (χ2v) is 22.2. The maximum atomic E-state index is 6.35. The molecule has 3 aliphatic heterocycles. The summed E-state index contributed by atoms with van der Waals surface area (Å²) in [4.78, 5) is 37.2. The Labute approximate surface area is 485 Å². The minimum absolute atomic E-state index is 0.0174. The van der Waals surface area contributed by atoms with E-state index in [0.717, 1.165) is 119 Å². The fourth-order valence-corrected chi connectivity index (χ4v) is 13.0. The van der Waals surface area contributed by atoms with Crippen LogP contribution in [0.25, 0.3) is 84.7 Å². The largest absolute Gasteiger partial charge is 0.442 e. The number of benzene rings is 4. The molecule has 0 amide bonds. The van der Waals surface area contributed by atoms with E-state index in [1.807, 2.05) is 50.6 Å². The SMILES string of the molecule is CC1=CC2C(C=N1)c1cc(C3C=CC=C(c4ncccc4-c4ccccc4)N3)ccc1N2c1coc(-c2ccc3cc(-c4nc(-n5c6c(c7cnc(C)cc75)CC(c5cccc(-c7ncccc7C7C=CC=CC7)n5)C=C6)co4)ccc3c2)n1. The number of aromatic nitrogens is 7. The molecule has 0 saturated heterocycles. The van der Waals surface area contributed by atoms with Gasteiger partial charge in [-0.05, 0) is 144 Å². The molecule has 2 aliphatic carbocycles. The van der Waals surface area contributed by atoms with Gasteiger partial charge in [-0.3, -0.25) is 29.5 Å². The molecule has 0 radical (unpaired) electrons. The zero-order valence-electron chi connectivity index (χ0n) is 46.1. The number of hydrogen-bond acceptors (Lipinski definition) is 11. The Balaban J connectivity index is 0.652. The Morgan fingerprint density at radius 3 is 2.29 bits per heavy atom. The number of hydrogen-bond donors (Lipinski definition) is 1. The molecule has 10 heterocycles. The van der Waals surface area contributed by atoms with Crippen molar-refractivity contribution < 1.29 is 8.83 Å². The van der Waals surface area contributed by atoms with E-state index in [2.05, 4.69) is 197 Å². The van der Waals surface area contributed by atoms with Crippen molar-refractivity contribution >= 4 is 51.2 Å². The van der Waals surface area contributed by atoms with Gasteiger partial charge in [-0.25, -0.2) is 0 Å². The van der Waals surface area contributed by atoms with Gasteiger partial charge in [0, 0.05) is 87.4 Å². The van der Waals surface area contributed by atoms with Gasteiger partial charge in [-0.15, -0.1) is 0 Å². The van der Waals surface area contributed by atoms with Crippen LogP contribution in [0, 0.1) is 6.92 Å². The van der Waals surface area contributed by atoms with Crippen molar-refractivity contribution in [2.24, 2.45) is 4.99 Å². The molecule has 0 fully saturated rings. The predicted molar refractivity (Wildman–Crippen MR) is 333 cm³/mol. The highest BCUT2D eigenvalue weighted by atomic mass is 16.3. The number of nitrogens with one attached hydrogen (secondary N) is 1. The molecule has 12 heteroatoms. The van der Waals surface area contributed by atoms with Crippen LogP contribution in [0.3, 0.4) is 0 Å². The molecule has 0 saturated carbocycles. The van der Waals surface area contributed by atoms with Crippen LogP contribution < -0.4 is 10.2 Å². The van der Waals surface area contributed by atoms with Crippen LogP contribution in [0.15, 0.2) is 239 Å². The van der Waals surface area contributed by atoms with Crippen LogP contribution in [0.4, 0.5) is 11.5 Å². The van der Waals surface area contributed by atoms with Crippen molar-refractivity contribution in [1.82, 2.24) is 39.8 Å². The number of dihydropyridines is 1. The van der Waals surface area contributed by atoms with Crippen molar-refractivity contribution in [3.63, 3.8) is 0 Å². The van der Waals surface area contributed by atoms with Crippen LogP contribution in [0.2, 0.25) is 0 Å². The second-order valence-electron chi connectivity index (χ2n) is 22.2. The summed E-state index contributed by atoms with van der Waals surface area (Å²) in [5, 5.41) is 6.97. The van der Waals surface area contributed by atoms with E-state index in [9.17, 15) is 0 Å². The first-order chi connectivity index (χ1) is 41.4. The second kappa shape index (κ2) is 20.1. The summed E-state index contributed by atoms with van der Waals surface area (Å²) in [6, 6.07) is 46.5. The monoisotopic (exact) mass is 1090 g/mol. The van der Waals surface area contributed by atoms with Crippen molar-refractivity contribution in [3.05, 3.63) is 270 Å². The molecule has 0 spiro atoms. The lowest BCUT2D eigenvalue weighted by atomic mass is 9.88. The van der Waals surface area contributed by atoms with Crippen LogP contribution in [0.5, 0.6) is 0 Å². The number of allylic oxidation sites excluding steroid dienone is 8. The fraction of sp³-hybridized carbons (Fsp3) is 0.125. The number of oxazole rings is 2. The van der Waals surface area contributed by atoms with Gasteiger partial charge in [0.2, 0.25) is 11.8 Å². The van der Waals surface area contributed by atoms with Crippen LogP contribution in [-0.4, -0.2) is 46.7 Å². The molecule has 404 valence electrons. The molecule has 7 aromatic heterocycles. The van der Waals surface area contributed by atoms with Gasteiger partial charge in [0.1, 0.15) is 12.5 Å². The molecule has 12 nitrogen and oxygen atoms in total. The number of rotatable bonds is 10. The van der Waals surface area contributed by atoms with Gasteiger partial charge in [-0.2, -0.15) is 9.97 Å². The number of fused-ring (bicyclic) bond motifs is 7. The lowest BCUT2D eigenvalue weighted by Crippen LogP contribution is -2.30. The highest BCUT2D eigenvalue weighted by molar-refractivity contribution is 5.92. The molecular formula is C72H54N10O2. The van der Waals surface area contributed by atoms with E-state index < -0.39 is 0 Å². The lowest BCUT2D eigenvalue weighted by Gasteiger charge is -2.26. The van der Waals surface area contributed by atoms with E-state index in [-0.39, 0.29) is 29.8 Å².